The van der Waals surface area contributed by atoms with Gasteiger partial charge in [-0.25, -0.2) is 12.7 Å². The minimum Gasteiger partial charge on any atom is -0.393 e. The number of sulfonamides is 1. The van der Waals surface area contributed by atoms with Gasteiger partial charge in [0.1, 0.15) is 17.2 Å². The Hall–Kier alpha value is -0.920. The van der Waals surface area contributed by atoms with E-state index in [-0.39, 0.29) is 17.7 Å². The Morgan fingerprint density at radius 3 is 2.50 bits per heavy atom. The number of aliphatic hydroxyl groups is 1. The number of hydrogen-bond acceptors (Lipinski definition) is 5. The van der Waals surface area contributed by atoms with Gasteiger partial charge in [0.05, 0.1) is 6.10 Å². The van der Waals surface area contributed by atoms with Crippen molar-refractivity contribution in [3.63, 3.8) is 0 Å². The Bertz CT molecular complexity index is 529. The van der Waals surface area contributed by atoms with E-state index in [0.717, 1.165) is 0 Å². The van der Waals surface area contributed by atoms with Gasteiger partial charge in [-0.1, -0.05) is 25.9 Å². The second-order valence-electron chi connectivity index (χ2n) is 6.15. The van der Waals surface area contributed by atoms with E-state index in [1.807, 2.05) is 20.8 Å². The van der Waals surface area contributed by atoms with Crippen LogP contribution in [0.2, 0.25) is 0 Å². The van der Waals surface area contributed by atoms with Gasteiger partial charge in [-0.15, -0.1) is 0 Å². The maximum Gasteiger partial charge on any atom is 0.219 e. The third-order valence-corrected chi connectivity index (χ3v) is 4.76. The van der Waals surface area contributed by atoms with Crippen LogP contribution in [0.3, 0.4) is 0 Å². The molecular formula is C13H24N2O4S. The summed E-state index contributed by atoms with van der Waals surface area (Å²) in [6.07, 6.45) is -0.117. The highest BCUT2D eigenvalue weighted by Gasteiger charge is 2.24. The average Bonchev–Trinajstić information content (AvgIpc) is 2.72. The van der Waals surface area contributed by atoms with Crippen LogP contribution in [-0.4, -0.2) is 42.7 Å². The monoisotopic (exact) mass is 304 g/mol. The van der Waals surface area contributed by atoms with Crippen molar-refractivity contribution >= 4 is 10.0 Å². The summed E-state index contributed by atoms with van der Waals surface area (Å²) in [7, 11) is -1.94. The van der Waals surface area contributed by atoms with Crippen LogP contribution < -0.4 is 0 Å². The maximum absolute atomic E-state index is 12.1. The number of aromatic nitrogens is 1. The van der Waals surface area contributed by atoms with Crippen LogP contribution in [0.5, 0.6) is 0 Å². The predicted molar refractivity (Wildman–Crippen MR) is 76.8 cm³/mol. The van der Waals surface area contributed by atoms with E-state index in [0.29, 0.717) is 17.9 Å². The van der Waals surface area contributed by atoms with Gasteiger partial charge in [-0.05, 0) is 13.3 Å². The summed E-state index contributed by atoms with van der Waals surface area (Å²) in [6, 6.07) is 1.68. The summed E-state index contributed by atoms with van der Waals surface area (Å²) < 4.78 is 30.7. The first-order valence-electron chi connectivity index (χ1n) is 6.60. The fourth-order valence-corrected chi connectivity index (χ4v) is 2.65. The molecule has 7 heteroatoms. The van der Waals surface area contributed by atoms with Crippen molar-refractivity contribution in [3.05, 3.63) is 17.5 Å². The van der Waals surface area contributed by atoms with Crippen molar-refractivity contribution in [2.75, 3.05) is 13.6 Å². The molecule has 20 heavy (non-hydrogen) atoms. The van der Waals surface area contributed by atoms with Crippen LogP contribution in [0.4, 0.5) is 0 Å². The van der Waals surface area contributed by atoms with E-state index >= 15 is 0 Å². The molecule has 0 aromatic carbocycles. The van der Waals surface area contributed by atoms with Gasteiger partial charge in [0, 0.05) is 25.1 Å². The Kier molecular flexibility index (Phi) is 5.34. The lowest BCUT2D eigenvalue weighted by Crippen LogP contribution is -2.30. The summed E-state index contributed by atoms with van der Waals surface area (Å²) in [5.41, 5.74) is 0.201. The fourth-order valence-electron chi connectivity index (χ4n) is 1.54. The molecule has 6 nitrogen and oxygen atoms in total. The molecule has 0 aliphatic carbocycles. The zero-order valence-electron chi connectivity index (χ0n) is 12.8. The van der Waals surface area contributed by atoms with Crippen molar-refractivity contribution in [1.29, 1.82) is 0 Å². The third-order valence-electron chi connectivity index (χ3n) is 2.97. The van der Waals surface area contributed by atoms with Gasteiger partial charge >= 0.3 is 0 Å². The van der Waals surface area contributed by atoms with Crippen molar-refractivity contribution in [1.82, 2.24) is 9.46 Å². The quantitative estimate of drug-likeness (QED) is 0.861. The van der Waals surface area contributed by atoms with E-state index < -0.39 is 16.1 Å². The molecule has 1 aromatic rings. The molecule has 0 aliphatic heterocycles. The van der Waals surface area contributed by atoms with Crippen LogP contribution in [0.15, 0.2) is 10.6 Å². The fraction of sp³-hybridized carbons (Fsp3) is 0.769. The highest BCUT2D eigenvalue weighted by atomic mass is 32.2. The number of hydrogen-bond donors (Lipinski definition) is 1. The number of rotatable bonds is 6. The second-order valence-corrected chi connectivity index (χ2v) is 8.22. The normalized spacial score (nSPS) is 14.8. The Balaban J connectivity index is 2.73. The van der Waals surface area contributed by atoms with E-state index in [2.05, 4.69) is 5.16 Å². The lowest BCUT2D eigenvalue weighted by atomic mass is 9.93. The zero-order chi connectivity index (χ0) is 15.6. The summed E-state index contributed by atoms with van der Waals surface area (Å²) >= 11 is 0. The van der Waals surface area contributed by atoms with Gasteiger partial charge in [0.2, 0.25) is 10.0 Å². The van der Waals surface area contributed by atoms with Crippen molar-refractivity contribution in [3.8, 4) is 0 Å². The van der Waals surface area contributed by atoms with E-state index in [1.165, 1.54) is 11.4 Å². The number of nitrogens with zero attached hydrogens (tertiary/aromatic N) is 2. The lowest BCUT2D eigenvalue weighted by Gasteiger charge is -2.17. The Labute approximate surface area is 120 Å². The lowest BCUT2D eigenvalue weighted by molar-refractivity contribution is 0.177. The SMILES string of the molecule is CC(O)CCN(C)S(=O)(=O)Cc1cc(C(C)(C)C)on1. The molecule has 0 radical (unpaired) electrons. The molecule has 1 N–H and O–H groups in total. The van der Waals surface area contributed by atoms with Crippen LogP contribution in [-0.2, 0) is 21.2 Å². The highest BCUT2D eigenvalue weighted by molar-refractivity contribution is 7.88. The minimum absolute atomic E-state index is 0.192. The first-order chi connectivity index (χ1) is 9.02. The highest BCUT2D eigenvalue weighted by Crippen LogP contribution is 2.23. The molecule has 0 saturated carbocycles. The Morgan fingerprint density at radius 2 is 2.05 bits per heavy atom. The molecular weight excluding hydrogens is 280 g/mol. The summed E-state index contributed by atoms with van der Waals surface area (Å²) in [5.74, 6) is 0.470. The first-order valence-corrected chi connectivity index (χ1v) is 8.21. The zero-order valence-corrected chi connectivity index (χ0v) is 13.6. The van der Waals surface area contributed by atoms with Gasteiger partial charge in [0.15, 0.2) is 0 Å². The number of aliphatic hydroxyl groups excluding tert-OH is 1. The summed E-state index contributed by atoms with van der Waals surface area (Å²) in [5, 5.41) is 13.0. The molecule has 0 aliphatic rings. The van der Waals surface area contributed by atoms with Gasteiger partial charge in [0.25, 0.3) is 0 Å². The van der Waals surface area contributed by atoms with E-state index in [9.17, 15) is 13.5 Å². The third kappa shape index (κ3) is 4.88. The maximum atomic E-state index is 12.1. The topological polar surface area (TPSA) is 83.6 Å². The van der Waals surface area contributed by atoms with E-state index in [4.69, 9.17) is 4.52 Å². The van der Waals surface area contributed by atoms with Gasteiger partial charge in [-0.3, -0.25) is 0 Å². The largest absolute Gasteiger partial charge is 0.393 e. The van der Waals surface area contributed by atoms with E-state index in [1.54, 1.807) is 13.0 Å². The molecule has 0 fully saturated rings. The van der Waals surface area contributed by atoms with Gasteiger partial charge in [-0.2, -0.15) is 0 Å². The molecule has 0 spiro atoms. The molecule has 1 rings (SSSR count). The molecule has 1 atom stereocenters. The average molecular weight is 304 g/mol. The second kappa shape index (κ2) is 6.24. The molecule has 1 aromatic heterocycles. The smallest absolute Gasteiger partial charge is 0.219 e. The van der Waals surface area contributed by atoms with Crippen LogP contribution in [0.25, 0.3) is 0 Å². The van der Waals surface area contributed by atoms with Crippen LogP contribution >= 0.6 is 0 Å². The first kappa shape index (κ1) is 17.1. The van der Waals surface area contributed by atoms with Crippen LogP contribution in [0, 0.1) is 0 Å². The molecule has 1 heterocycles. The van der Waals surface area contributed by atoms with Gasteiger partial charge < -0.3 is 9.63 Å². The van der Waals surface area contributed by atoms with Crippen LogP contribution in [0.1, 0.15) is 45.6 Å². The molecule has 1 unspecified atom stereocenters. The van der Waals surface area contributed by atoms with Crippen molar-refractivity contribution < 1.29 is 18.0 Å². The standard InChI is InChI=1S/C13H24N2O4S/c1-10(16)6-7-15(5)20(17,18)9-11-8-12(19-14-11)13(2,3)4/h8,10,16H,6-7,9H2,1-5H3. The molecule has 116 valence electrons. The van der Waals surface area contributed by atoms with Crippen molar-refractivity contribution in [2.45, 2.75) is 51.4 Å². The molecule has 0 amide bonds. The summed E-state index contributed by atoms with van der Waals surface area (Å²) in [6.45, 7) is 7.83. The molecule has 0 saturated heterocycles. The Morgan fingerprint density at radius 1 is 1.45 bits per heavy atom. The minimum atomic E-state index is -3.44. The summed E-state index contributed by atoms with van der Waals surface area (Å²) in [4.78, 5) is 0. The molecule has 0 bridgehead atoms. The predicted octanol–water partition coefficient (Wildman–Crippen LogP) is 1.50. The van der Waals surface area contributed by atoms with Crippen molar-refractivity contribution in [2.24, 2.45) is 0 Å².